The second kappa shape index (κ2) is 12.2. The predicted molar refractivity (Wildman–Crippen MR) is 139 cm³/mol. The average molecular weight is 550 g/mol. The highest BCUT2D eigenvalue weighted by Gasteiger charge is 2.27. The van der Waals surface area contributed by atoms with Crippen molar-refractivity contribution in [3.63, 3.8) is 0 Å². The molecule has 2 amide bonds. The van der Waals surface area contributed by atoms with Crippen molar-refractivity contribution in [3.8, 4) is 5.75 Å². The molecule has 198 valence electrons. The van der Waals surface area contributed by atoms with Gasteiger partial charge in [-0.15, -0.1) is 21.5 Å². The van der Waals surface area contributed by atoms with Crippen LogP contribution in [0.1, 0.15) is 51.4 Å². The van der Waals surface area contributed by atoms with E-state index in [0.29, 0.717) is 33.7 Å². The molecule has 0 saturated carbocycles. The third-order valence-electron chi connectivity index (χ3n) is 5.27. The van der Waals surface area contributed by atoms with Crippen molar-refractivity contribution in [2.45, 2.75) is 38.6 Å². The quantitative estimate of drug-likeness (QED) is 0.296. The van der Waals surface area contributed by atoms with Crippen molar-refractivity contribution in [2.24, 2.45) is 0 Å². The molecule has 2 aromatic heterocycles. The number of nitrogens with zero attached hydrogens (tertiary/aromatic N) is 4. The molecule has 37 heavy (non-hydrogen) atoms. The summed E-state index contributed by atoms with van der Waals surface area (Å²) in [5.41, 5.74) is 0.603. The molecule has 1 atom stereocenters. The fraction of sp³-hybridized carbons (Fsp3) is 0.375. The van der Waals surface area contributed by atoms with Crippen LogP contribution in [0.4, 0.5) is 9.39 Å². The van der Waals surface area contributed by atoms with Crippen molar-refractivity contribution in [1.82, 2.24) is 19.7 Å². The third-order valence-corrected chi connectivity index (χ3v) is 7.44. The predicted octanol–water partition coefficient (Wildman–Crippen LogP) is 4.17. The van der Waals surface area contributed by atoms with E-state index in [9.17, 15) is 18.8 Å². The molecule has 1 N–H and O–H groups in total. The first-order valence-corrected chi connectivity index (χ1v) is 13.1. The van der Waals surface area contributed by atoms with Gasteiger partial charge in [0.05, 0.1) is 23.3 Å². The number of hydrogen-bond acceptors (Lipinski definition) is 9. The van der Waals surface area contributed by atoms with Gasteiger partial charge in [-0.2, -0.15) is 0 Å². The Bertz CT molecular complexity index is 1290. The lowest BCUT2D eigenvalue weighted by Crippen LogP contribution is -2.21. The van der Waals surface area contributed by atoms with Gasteiger partial charge in [0.15, 0.2) is 17.1 Å². The second-order valence-corrected chi connectivity index (χ2v) is 10.1. The Kier molecular flexibility index (Phi) is 9.27. The fourth-order valence-electron chi connectivity index (χ4n) is 3.42. The number of thioether (sulfide) groups is 1. The van der Waals surface area contributed by atoms with E-state index in [1.807, 2.05) is 11.5 Å². The zero-order valence-corrected chi connectivity index (χ0v) is 23.0. The summed E-state index contributed by atoms with van der Waals surface area (Å²) in [5, 5.41) is 11.9. The van der Waals surface area contributed by atoms with Gasteiger partial charge in [-0.25, -0.2) is 9.18 Å². The third kappa shape index (κ3) is 6.46. The van der Waals surface area contributed by atoms with E-state index in [1.165, 1.54) is 48.0 Å². The molecule has 13 heteroatoms. The van der Waals surface area contributed by atoms with Crippen molar-refractivity contribution >= 4 is 45.9 Å². The first kappa shape index (κ1) is 28.1. The number of carbonyl (C=O) groups is 3. The number of thiophene rings is 1. The minimum atomic E-state index is -0.639. The lowest BCUT2D eigenvalue weighted by Gasteiger charge is -2.15. The van der Waals surface area contributed by atoms with Crippen LogP contribution in [0.2, 0.25) is 0 Å². The Hall–Kier alpha value is -3.45. The molecule has 0 aliphatic heterocycles. The Morgan fingerprint density at radius 3 is 2.49 bits per heavy atom. The second-order valence-electron chi connectivity index (χ2n) is 8.09. The van der Waals surface area contributed by atoms with E-state index < -0.39 is 12.1 Å². The van der Waals surface area contributed by atoms with E-state index in [1.54, 1.807) is 27.9 Å². The Balaban J connectivity index is 1.72. The number of halogens is 1. The van der Waals surface area contributed by atoms with Gasteiger partial charge in [0.2, 0.25) is 5.91 Å². The normalized spacial score (nSPS) is 11.6. The highest BCUT2D eigenvalue weighted by molar-refractivity contribution is 7.99. The summed E-state index contributed by atoms with van der Waals surface area (Å²) in [6, 6.07) is 5.69. The molecular weight excluding hydrogens is 521 g/mol. The Morgan fingerprint density at radius 1 is 1.22 bits per heavy atom. The number of rotatable bonds is 10. The molecule has 0 bridgehead atoms. The van der Waals surface area contributed by atoms with E-state index in [4.69, 9.17) is 9.47 Å². The maximum atomic E-state index is 13.2. The van der Waals surface area contributed by atoms with Crippen LogP contribution in [0.15, 0.2) is 29.4 Å². The zero-order valence-electron chi connectivity index (χ0n) is 21.3. The van der Waals surface area contributed by atoms with Gasteiger partial charge in [-0.1, -0.05) is 11.8 Å². The summed E-state index contributed by atoms with van der Waals surface area (Å²) >= 11 is 2.20. The molecule has 2 heterocycles. The van der Waals surface area contributed by atoms with Crippen molar-refractivity contribution < 1.29 is 28.2 Å². The average Bonchev–Trinajstić information content (AvgIpc) is 3.43. The Labute approximate surface area is 222 Å². The monoisotopic (exact) mass is 549 g/mol. The van der Waals surface area contributed by atoms with Crippen LogP contribution >= 0.6 is 23.1 Å². The van der Waals surface area contributed by atoms with Crippen molar-refractivity contribution in [3.05, 3.63) is 51.9 Å². The SMILES string of the molecule is CCn1c(SCC(=O)Nc2sc(C(=O)N(C)C)c(C)c2C(=O)OC)nnc1C(C)Oc1ccc(F)cc1. The number of ether oxygens (including phenoxy) is 2. The lowest BCUT2D eigenvalue weighted by atomic mass is 10.1. The van der Waals surface area contributed by atoms with Gasteiger partial charge in [-0.3, -0.25) is 9.59 Å². The zero-order chi connectivity index (χ0) is 27.3. The molecule has 0 spiro atoms. The molecule has 0 saturated heterocycles. The van der Waals surface area contributed by atoms with Crippen molar-refractivity contribution in [1.29, 1.82) is 0 Å². The number of benzene rings is 1. The Morgan fingerprint density at radius 2 is 1.89 bits per heavy atom. The number of aromatic nitrogens is 3. The summed E-state index contributed by atoms with van der Waals surface area (Å²) in [7, 11) is 4.46. The number of anilines is 1. The molecule has 10 nitrogen and oxygen atoms in total. The van der Waals surface area contributed by atoms with Crippen LogP contribution in [-0.2, 0) is 16.1 Å². The number of methoxy groups -OCH3 is 1. The molecule has 3 rings (SSSR count). The van der Waals surface area contributed by atoms with Crippen LogP contribution in [-0.4, -0.2) is 64.4 Å². The molecule has 0 aliphatic rings. The first-order valence-electron chi connectivity index (χ1n) is 11.3. The minimum absolute atomic E-state index is 0.0140. The molecule has 3 aromatic rings. The largest absolute Gasteiger partial charge is 0.483 e. The number of amides is 2. The van der Waals surface area contributed by atoms with Crippen LogP contribution in [0, 0.1) is 12.7 Å². The topological polar surface area (TPSA) is 116 Å². The van der Waals surface area contributed by atoms with Crippen LogP contribution < -0.4 is 10.1 Å². The fourth-order valence-corrected chi connectivity index (χ4v) is 5.47. The van der Waals surface area contributed by atoms with E-state index in [0.717, 1.165) is 11.3 Å². The van der Waals surface area contributed by atoms with Gasteiger partial charge >= 0.3 is 5.97 Å². The van der Waals surface area contributed by atoms with Gasteiger partial charge in [-0.05, 0) is 50.6 Å². The van der Waals surface area contributed by atoms with Gasteiger partial charge in [0, 0.05) is 20.6 Å². The maximum absolute atomic E-state index is 13.2. The summed E-state index contributed by atoms with van der Waals surface area (Å²) in [4.78, 5) is 39.4. The van der Waals surface area contributed by atoms with E-state index in [-0.39, 0.29) is 33.9 Å². The summed E-state index contributed by atoms with van der Waals surface area (Å²) in [5.74, 6) is -0.618. The highest BCUT2D eigenvalue weighted by Crippen LogP contribution is 2.34. The molecular formula is C24H28FN5O5S2. The van der Waals surface area contributed by atoms with Gasteiger partial charge in [0.25, 0.3) is 5.91 Å². The highest BCUT2D eigenvalue weighted by atomic mass is 32.2. The smallest absolute Gasteiger partial charge is 0.341 e. The number of esters is 1. The van der Waals surface area contributed by atoms with Crippen LogP contribution in [0.25, 0.3) is 0 Å². The standard InChI is InChI=1S/C24H28FN5O5S2/c1-7-30-20(14(3)35-16-10-8-15(25)9-11-16)27-28-24(30)36-12-17(31)26-21-18(23(33)34-6)13(2)19(37-21)22(32)29(4)5/h8-11,14H,7,12H2,1-6H3,(H,26,31). The molecule has 1 aromatic carbocycles. The number of nitrogens with one attached hydrogen (secondary N) is 1. The van der Waals surface area contributed by atoms with Crippen molar-refractivity contribution in [2.75, 3.05) is 32.3 Å². The summed E-state index contributed by atoms with van der Waals surface area (Å²) in [6.45, 7) is 5.91. The van der Waals surface area contributed by atoms with Crippen LogP contribution in [0.3, 0.4) is 0 Å². The van der Waals surface area contributed by atoms with E-state index >= 15 is 0 Å². The van der Waals surface area contributed by atoms with E-state index in [2.05, 4.69) is 15.5 Å². The number of carbonyl (C=O) groups excluding carboxylic acids is 3. The molecule has 0 radical (unpaired) electrons. The lowest BCUT2D eigenvalue weighted by molar-refractivity contribution is -0.113. The van der Waals surface area contributed by atoms with Gasteiger partial charge < -0.3 is 24.3 Å². The molecule has 1 unspecified atom stereocenters. The minimum Gasteiger partial charge on any atom is -0.483 e. The molecule has 0 fully saturated rings. The summed E-state index contributed by atoms with van der Waals surface area (Å²) < 4.78 is 25.7. The van der Waals surface area contributed by atoms with Gasteiger partial charge in [0.1, 0.15) is 16.6 Å². The summed E-state index contributed by atoms with van der Waals surface area (Å²) in [6.07, 6.45) is -0.467. The molecule has 0 aliphatic carbocycles. The maximum Gasteiger partial charge on any atom is 0.341 e. The first-order chi connectivity index (χ1) is 17.6. The van der Waals surface area contributed by atoms with Crippen LogP contribution in [0.5, 0.6) is 5.75 Å². The number of hydrogen-bond donors (Lipinski definition) is 1.